The van der Waals surface area contributed by atoms with E-state index >= 15 is 0 Å². The molecule has 19 heavy (non-hydrogen) atoms. The molecule has 0 saturated heterocycles. The van der Waals surface area contributed by atoms with Gasteiger partial charge in [-0.05, 0) is 51.5 Å². The number of carbonyl (C=O) groups excluding carboxylic acids is 1. The molecule has 1 amide bonds. The number of hydrogen-bond acceptors (Lipinski definition) is 3. The van der Waals surface area contributed by atoms with Crippen LogP contribution in [0, 0.1) is 12.3 Å². The van der Waals surface area contributed by atoms with Gasteiger partial charge in [0.15, 0.2) is 0 Å². The quantitative estimate of drug-likeness (QED) is 0.875. The van der Waals surface area contributed by atoms with E-state index in [-0.39, 0.29) is 18.3 Å². The van der Waals surface area contributed by atoms with Crippen molar-refractivity contribution in [3.05, 3.63) is 23.8 Å². The lowest BCUT2D eigenvalue weighted by Gasteiger charge is -2.22. The average molecular weight is 287 g/mol. The molecule has 0 aliphatic carbocycles. The molecule has 1 aromatic carbocycles. The summed E-state index contributed by atoms with van der Waals surface area (Å²) < 4.78 is 5.40. The van der Waals surface area contributed by atoms with Crippen LogP contribution in [0.1, 0.15) is 26.3 Å². The predicted molar refractivity (Wildman–Crippen MR) is 81.1 cm³/mol. The number of ether oxygens (including phenoxy) is 1. The van der Waals surface area contributed by atoms with Gasteiger partial charge in [-0.1, -0.05) is 0 Å². The number of anilines is 1. The summed E-state index contributed by atoms with van der Waals surface area (Å²) >= 11 is 0. The molecule has 0 spiro atoms. The Kier molecular flexibility index (Phi) is 6.87. The van der Waals surface area contributed by atoms with E-state index in [1.165, 1.54) is 0 Å². The molecule has 0 aliphatic heterocycles. The van der Waals surface area contributed by atoms with Crippen LogP contribution in [0.25, 0.3) is 0 Å². The lowest BCUT2D eigenvalue weighted by atomic mass is 9.92. The smallest absolute Gasteiger partial charge is 0.231 e. The number of benzene rings is 1. The highest BCUT2D eigenvalue weighted by atomic mass is 35.5. The number of aryl methyl sites for hydroxylation is 1. The number of amides is 1. The van der Waals surface area contributed by atoms with Crippen LogP contribution in [-0.4, -0.2) is 19.1 Å². The van der Waals surface area contributed by atoms with Gasteiger partial charge in [0.1, 0.15) is 5.75 Å². The minimum Gasteiger partial charge on any atom is -0.494 e. The zero-order chi connectivity index (χ0) is 13.8. The second kappa shape index (κ2) is 7.36. The fraction of sp³-hybridized carbons (Fsp3) is 0.500. The Morgan fingerprint density at radius 3 is 2.53 bits per heavy atom. The van der Waals surface area contributed by atoms with E-state index in [1.54, 1.807) is 0 Å². The first-order valence-corrected chi connectivity index (χ1v) is 6.15. The number of nitrogens with one attached hydrogen (secondary N) is 1. The Morgan fingerprint density at radius 1 is 1.42 bits per heavy atom. The highest BCUT2D eigenvalue weighted by Gasteiger charge is 2.26. The van der Waals surface area contributed by atoms with Crippen molar-refractivity contribution in [2.24, 2.45) is 11.1 Å². The van der Waals surface area contributed by atoms with Gasteiger partial charge in [-0.3, -0.25) is 4.79 Å². The lowest BCUT2D eigenvalue weighted by molar-refractivity contribution is -0.123. The molecular formula is C14H23ClN2O2. The van der Waals surface area contributed by atoms with Gasteiger partial charge in [0, 0.05) is 12.2 Å². The third-order valence-electron chi connectivity index (χ3n) is 2.88. The van der Waals surface area contributed by atoms with Crippen LogP contribution < -0.4 is 15.8 Å². The maximum absolute atomic E-state index is 12.0. The van der Waals surface area contributed by atoms with Crippen LogP contribution in [-0.2, 0) is 4.79 Å². The zero-order valence-corrected chi connectivity index (χ0v) is 12.8. The van der Waals surface area contributed by atoms with Crippen LogP contribution in [0.5, 0.6) is 5.75 Å². The minimum absolute atomic E-state index is 0. The van der Waals surface area contributed by atoms with E-state index in [4.69, 9.17) is 10.5 Å². The van der Waals surface area contributed by atoms with E-state index in [0.717, 1.165) is 17.0 Å². The standard InChI is InChI=1S/C14H22N2O2.ClH/c1-5-18-11-6-7-12(10(2)8-11)16-13(17)14(3,4)9-15;/h6-8H,5,9,15H2,1-4H3,(H,16,17);1H. The van der Waals surface area contributed by atoms with E-state index in [2.05, 4.69) is 5.32 Å². The second-order valence-electron chi connectivity index (χ2n) is 4.95. The van der Waals surface area contributed by atoms with Crippen molar-refractivity contribution >= 4 is 24.0 Å². The SMILES string of the molecule is CCOc1ccc(NC(=O)C(C)(C)CN)c(C)c1.Cl. The summed E-state index contributed by atoms with van der Waals surface area (Å²) in [7, 11) is 0. The third kappa shape index (κ3) is 4.73. The molecule has 0 fully saturated rings. The van der Waals surface area contributed by atoms with Gasteiger partial charge >= 0.3 is 0 Å². The predicted octanol–water partition coefficient (Wildman–Crippen LogP) is 2.74. The van der Waals surface area contributed by atoms with Crippen molar-refractivity contribution in [1.82, 2.24) is 0 Å². The third-order valence-corrected chi connectivity index (χ3v) is 2.88. The van der Waals surface area contributed by atoms with Gasteiger partial charge < -0.3 is 15.8 Å². The number of halogens is 1. The van der Waals surface area contributed by atoms with E-state index in [9.17, 15) is 4.79 Å². The van der Waals surface area contributed by atoms with Gasteiger partial charge in [-0.25, -0.2) is 0 Å². The molecule has 3 N–H and O–H groups in total. The summed E-state index contributed by atoms with van der Waals surface area (Å²) in [6, 6.07) is 5.61. The normalized spacial score (nSPS) is 10.6. The van der Waals surface area contributed by atoms with Crippen LogP contribution in [0.3, 0.4) is 0 Å². The summed E-state index contributed by atoms with van der Waals surface area (Å²) in [6.07, 6.45) is 0. The van der Waals surface area contributed by atoms with Crippen molar-refractivity contribution in [3.63, 3.8) is 0 Å². The van der Waals surface area contributed by atoms with Crippen molar-refractivity contribution < 1.29 is 9.53 Å². The van der Waals surface area contributed by atoms with Crippen molar-refractivity contribution in [3.8, 4) is 5.75 Å². The molecule has 0 saturated carbocycles. The molecule has 0 radical (unpaired) electrons. The summed E-state index contributed by atoms with van der Waals surface area (Å²) in [4.78, 5) is 12.0. The first-order valence-electron chi connectivity index (χ1n) is 6.15. The molecule has 0 unspecified atom stereocenters. The van der Waals surface area contributed by atoms with Gasteiger partial charge in [0.25, 0.3) is 0 Å². The van der Waals surface area contributed by atoms with Gasteiger partial charge in [0.05, 0.1) is 12.0 Å². The molecule has 108 valence electrons. The van der Waals surface area contributed by atoms with Crippen LogP contribution in [0.15, 0.2) is 18.2 Å². The molecule has 0 aromatic heterocycles. The van der Waals surface area contributed by atoms with Crippen LogP contribution >= 0.6 is 12.4 Å². The zero-order valence-electron chi connectivity index (χ0n) is 11.9. The number of carbonyl (C=O) groups is 1. The van der Waals surface area contributed by atoms with Crippen molar-refractivity contribution in [2.75, 3.05) is 18.5 Å². The maximum atomic E-state index is 12.0. The highest BCUT2D eigenvalue weighted by Crippen LogP contribution is 2.23. The van der Waals surface area contributed by atoms with Crippen LogP contribution in [0.4, 0.5) is 5.69 Å². The Balaban J connectivity index is 0.00000324. The largest absolute Gasteiger partial charge is 0.494 e. The Hall–Kier alpha value is -1.26. The molecule has 0 bridgehead atoms. The molecule has 1 rings (SSSR count). The monoisotopic (exact) mass is 286 g/mol. The van der Waals surface area contributed by atoms with Gasteiger partial charge in [0.2, 0.25) is 5.91 Å². The topological polar surface area (TPSA) is 64.3 Å². The molecule has 0 aliphatic rings. The number of nitrogens with two attached hydrogens (primary N) is 1. The number of rotatable bonds is 5. The Labute approximate surface area is 121 Å². The van der Waals surface area contributed by atoms with E-state index < -0.39 is 5.41 Å². The molecule has 0 heterocycles. The Morgan fingerprint density at radius 2 is 2.05 bits per heavy atom. The lowest BCUT2D eigenvalue weighted by Crippen LogP contribution is -2.37. The second-order valence-corrected chi connectivity index (χ2v) is 4.95. The maximum Gasteiger partial charge on any atom is 0.231 e. The molecule has 5 heteroatoms. The van der Waals surface area contributed by atoms with E-state index in [0.29, 0.717) is 13.2 Å². The molecule has 0 atom stereocenters. The van der Waals surface area contributed by atoms with Crippen molar-refractivity contribution in [1.29, 1.82) is 0 Å². The minimum atomic E-state index is -0.564. The first kappa shape index (κ1) is 17.7. The summed E-state index contributed by atoms with van der Waals surface area (Å²) in [6.45, 7) is 8.47. The van der Waals surface area contributed by atoms with E-state index in [1.807, 2.05) is 45.9 Å². The molecule has 1 aromatic rings. The Bertz CT molecular complexity index is 433. The molecular weight excluding hydrogens is 264 g/mol. The van der Waals surface area contributed by atoms with Gasteiger partial charge in [-0.15, -0.1) is 12.4 Å². The fourth-order valence-electron chi connectivity index (χ4n) is 1.42. The average Bonchev–Trinajstić information content (AvgIpc) is 2.32. The summed E-state index contributed by atoms with van der Waals surface area (Å²) in [5.74, 6) is 0.739. The number of hydrogen-bond donors (Lipinski definition) is 2. The van der Waals surface area contributed by atoms with Crippen LogP contribution in [0.2, 0.25) is 0 Å². The summed E-state index contributed by atoms with van der Waals surface area (Å²) in [5.41, 5.74) is 6.79. The molecule has 4 nitrogen and oxygen atoms in total. The highest BCUT2D eigenvalue weighted by molar-refractivity contribution is 5.95. The first-order chi connectivity index (χ1) is 8.40. The fourth-order valence-corrected chi connectivity index (χ4v) is 1.42. The summed E-state index contributed by atoms with van der Waals surface area (Å²) in [5, 5.41) is 2.90. The van der Waals surface area contributed by atoms with Crippen molar-refractivity contribution in [2.45, 2.75) is 27.7 Å². The van der Waals surface area contributed by atoms with Gasteiger partial charge in [-0.2, -0.15) is 0 Å².